The number of Topliss-reactive ketones (excluding diaryl/α,β-unsaturated/α-hetero) is 1. The van der Waals surface area contributed by atoms with Gasteiger partial charge in [0, 0.05) is 36.1 Å². The first-order valence-corrected chi connectivity index (χ1v) is 7.86. The second-order valence-corrected chi connectivity index (χ2v) is 5.37. The van der Waals surface area contributed by atoms with Crippen molar-refractivity contribution >= 4 is 23.3 Å². The van der Waals surface area contributed by atoms with Gasteiger partial charge in [0.05, 0.1) is 0 Å². The van der Waals surface area contributed by atoms with E-state index in [-0.39, 0.29) is 17.6 Å². The van der Waals surface area contributed by atoms with Gasteiger partial charge < -0.3 is 15.2 Å². The number of amides is 2. The molecule has 2 amide bonds. The second kappa shape index (κ2) is 7.59. The summed E-state index contributed by atoms with van der Waals surface area (Å²) in [5, 5.41) is 2.73. The Hall–Kier alpha value is -2.89. The number of rotatable bonds is 6. The van der Waals surface area contributed by atoms with Crippen LogP contribution in [0.15, 0.2) is 36.5 Å². The maximum absolute atomic E-state index is 12.4. The molecule has 0 aliphatic carbocycles. The molecule has 0 atom stereocenters. The molecule has 0 saturated heterocycles. The summed E-state index contributed by atoms with van der Waals surface area (Å²) in [6, 6.07) is 8.31. The summed E-state index contributed by atoms with van der Waals surface area (Å²) in [6.45, 7) is 6.54. The molecule has 2 aromatic rings. The Labute approximate surface area is 140 Å². The highest BCUT2D eigenvalue weighted by Crippen LogP contribution is 2.14. The molecule has 6 heteroatoms. The number of ketones is 1. The number of anilines is 1. The van der Waals surface area contributed by atoms with Crippen LogP contribution in [0.5, 0.6) is 0 Å². The van der Waals surface area contributed by atoms with Gasteiger partial charge in [-0.25, -0.2) is 0 Å². The summed E-state index contributed by atoms with van der Waals surface area (Å²) >= 11 is 0. The van der Waals surface area contributed by atoms with Crippen molar-refractivity contribution in [1.82, 2.24) is 9.88 Å². The maximum atomic E-state index is 12.4. The van der Waals surface area contributed by atoms with Gasteiger partial charge >= 0.3 is 0 Å². The Morgan fingerprint density at radius 3 is 2.38 bits per heavy atom. The van der Waals surface area contributed by atoms with Gasteiger partial charge in [0.2, 0.25) is 0 Å². The lowest BCUT2D eigenvalue weighted by atomic mass is 10.1. The minimum absolute atomic E-state index is 0.0742. The summed E-state index contributed by atoms with van der Waals surface area (Å²) in [4.78, 5) is 40.4. The van der Waals surface area contributed by atoms with Crippen LogP contribution in [0.4, 0.5) is 5.69 Å². The molecule has 0 fully saturated rings. The zero-order valence-corrected chi connectivity index (χ0v) is 14.1. The van der Waals surface area contributed by atoms with E-state index < -0.39 is 0 Å². The van der Waals surface area contributed by atoms with E-state index in [2.05, 4.69) is 10.3 Å². The molecule has 0 bridgehead atoms. The predicted octanol–water partition coefficient (Wildman–Crippen LogP) is 2.95. The summed E-state index contributed by atoms with van der Waals surface area (Å²) < 4.78 is 0. The SMILES string of the molecule is CCN(CC)C(=O)c1cccc(NC(=O)c2cc(C(C)=O)c[nH]2)c1. The molecule has 2 N–H and O–H groups in total. The van der Waals surface area contributed by atoms with E-state index in [0.29, 0.717) is 35.6 Å². The minimum atomic E-state index is -0.366. The van der Waals surface area contributed by atoms with E-state index in [9.17, 15) is 14.4 Å². The molecule has 0 spiro atoms. The van der Waals surface area contributed by atoms with Crippen LogP contribution in [0.2, 0.25) is 0 Å². The Balaban J connectivity index is 2.15. The van der Waals surface area contributed by atoms with E-state index in [1.165, 1.54) is 19.2 Å². The number of carbonyl (C=O) groups excluding carboxylic acids is 3. The van der Waals surface area contributed by atoms with Crippen LogP contribution in [0.1, 0.15) is 52.0 Å². The number of nitrogens with one attached hydrogen (secondary N) is 2. The highest BCUT2D eigenvalue weighted by molar-refractivity contribution is 6.06. The Bertz CT molecular complexity index is 760. The first-order chi connectivity index (χ1) is 11.5. The number of nitrogens with zero attached hydrogens (tertiary/aromatic N) is 1. The molecule has 0 aliphatic heterocycles. The minimum Gasteiger partial charge on any atom is -0.356 e. The van der Waals surface area contributed by atoms with Gasteiger partial charge in [0.25, 0.3) is 11.8 Å². The zero-order chi connectivity index (χ0) is 17.7. The number of H-pyrrole nitrogens is 1. The molecule has 6 nitrogen and oxygen atoms in total. The number of carbonyl (C=O) groups is 3. The lowest BCUT2D eigenvalue weighted by Gasteiger charge is -2.19. The molecule has 1 aromatic carbocycles. The second-order valence-electron chi connectivity index (χ2n) is 5.37. The van der Waals surface area contributed by atoms with E-state index in [0.717, 1.165) is 0 Å². The van der Waals surface area contributed by atoms with Gasteiger partial charge in [0.1, 0.15) is 5.69 Å². The molecule has 0 aliphatic rings. The van der Waals surface area contributed by atoms with Crippen LogP contribution in [0.3, 0.4) is 0 Å². The molecule has 1 heterocycles. The third-order valence-corrected chi connectivity index (χ3v) is 3.75. The van der Waals surface area contributed by atoms with Gasteiger partial charge in [-0.1, -0.05) is 6.07 Å². The van der Waals surface area contributed by atoms with Gasteiger partial charge in [-0.3, -0.25) is 14.4 Å². The number of aromatic amines is 1. The largest absolute Gasteiger partial charge is 0.356 e. The van der Waals surface area contributed by atoms with E-state index in [1.807, 2.05) is 13.8 Å². The van der Waals surface area contributed by atoms with Crippen molar-refractivity contribution in [2.24, 2.45) is 0 Å². The summed E-state index contributed by atoms with van der Waals surface area (Å²) in [5.41, 5.74) is 1.79. The van der Waals surface area contributed by atoms with E-state index in [4.69, 9.17) is 0 Å². The van der Waals surface area contributed by atoms with Crippen LogP contribution in [0, 0.1) is 0 Å². The zero-order valence-electron chi connectivity index (χ0n) is 14.1. The molecular formula is C18H21N3O3. The van der Waals surface area contributed by atoms with Crippen LogP contribution in [0.25, 0.3) is 0 Å². The fourth-order valence-electron chi connectivity index (χ4n) is 2.35. The lowest BCUT2D eigenvalue weighted by Crippen LogP contribution is -2.30. The third kappa shape index (κ3) is 3.90. The van der Waals surface area contributed by atoms with Gasteiger partial charge in [-0.2, -0.15) is 0 Å². The molecular weight excluding hydrogens is 306 g/mol. The molecule has 126 valence electrons. The first kappa shape index (κ1) is 17.5. The smallest absolute Gasteiger partial charge is 0.272 e. The summed E-state index contributed by atoms with van der Waals surface area (Å²) in [7, 11) is 0. The number of aromatic nitrogens is 1. The van der Waals surface area contributed by atoms with Crippen LogP contribution in [-0.2, 0) is 0 Å². The average molecular weight is 327 g/mol. The van der Waals surface area contributed by atoms with Crippen molar-refractivity contribution < 1.29 is 14.4 Å². The molecule has 0 radical (unpaired) electrons. The maximum Gasteiger partial charge on any atom is 0.272 e. The topological polar surface area (TPSA) is 82.3 Å². The highest BCUT2D eigenvalue weighted by atomic mass is 16.2. The van der Waals surface area contributed by atoms with Crippen molar-refractivity contribution in [2.45, 2.75) is 20.8 Å². The standard InChI is InChI=1S/C18H21N3O3/c1-4-21(5-2)18(24)13-7-6-8-15(9-13)20-17(23)16-10-14(11-19-16)12(3)22/h6-11,19H,4-5H2,1-3H3,(H,20,23). The van der Waals surface area contributed by atoms with Gasteiger partial charge in [-0.05, 0) is 45.0 Å². The van der Waals surface area contributed by atoms with Crippen LogP contribution in [-0.4, -0.2) is 40.6 Å². The Kier molecular flexibility index (Phi) is 5.52. The van der Waals surface area contributed by atoms with Crippen molar-refractivity contribution in [2.75, 3.05) is 18.4 Å². The summed E-state index contributed by atoms with van der Waals surface area (Å²) in [6.07, 6.45) is 1.50. The van der Waals surface area contributed by atoms with Crippen LogP contribution < -0.4 is 5.32 Å². The molecule has 0 unspecified atom stereocenters. The predicted molar refractivity (Wildman–Crippen MR) is 92.4 cm³/mol. The number of hydrogen-bond acceptors (Lipinski definition) is 3. The average Bonchev–Trinajstić information content (AvgIpc) is 3.06. The van der Waals surface area contributed by atoms with Crippen molar-refractivity contribution in [3.05, 3.63) is 53.3 Å². The first-order valence-electron chi connectivity index (χ1n) is 7.86. The van der Waals surface area contributed by atoms with E-state index >= 15 is 0 Å². The van der Waals surface area contributed by atoms with Crippen LogP contribution >= 0.6 is 0 Å². The number of benzene rings is 1. The molecule has 0 saturated carbocycles. The van der Waals surface area contributed by atoms with Crippen molar-refractivity contribution in [3.8, 4) is 0 Å². The third-order valence-electron chi connectivity index (χ3n) is 3.75. The quantitative estimate of drug-likeness (QED) is 0.800. The van der Waals surface area contributed by atoms with Crippen molar-refractivity contribution in [3.63, 3.8) is 0 Å². The number of hydrogen-bond donors (Lipinski definition) is 2. The fourth-order valence-corrected chi connectivity index (χ4v) is 2.35. The molecule has 1 aromatic heterocycles. The van der Waals surface area contributed by atoms with Gasteiger partial charge in [0.15, 0.2) is 5.78 Å². The monoisotopic (exact) mass is 327 g/mol. The molecule has 24 heavy (non-hydrogen) atoms. The lowest BCUT2D eigenvalue weighted by molar-refractivity contribution is 0.0772. The normalized spacial score (nSPS) is 10.3. The Morgan fingerprint density at radius 1 is 1.08 bits per heavy atom. The van der Waals surface area contributed by atoms with Crippen molar-refractivity contribution in [1.29, 1.82) is 0 Å². The highest BCUT2D eigenvalue weighted by Gasteiger charge is 2.14. The summed E-state index contributed by atoms with van der Waals surface area (Å²) in [5.74, 6) is -0.554. The Morgan fingerprint density at radius 2 is 1.79 bits per heavy atom. The fraction of sp³-hybridized carbons (Fsp3) is 0.278. The molecule has 2 rings (SSSR count). The van der Waals surface area contributed by atoms with E-state index in [1.54, 1.807) is 29.2 Å². The van der Waals surface area contributed by atoms with Gasteiger partial charge in [-0.15, -0.1) is 0 Å².